The highest BCUT2D eigenvalue weighted by Gasteiger charge is 2.27. The van der Waals surface area contributed by atoms with Crippen LogP contribution in [-0.2, 0) is 19.6 Å². The Morgan fingerprint density at radius 3 is 2.47 bits per heavy atom. The number of nitrogens with zero attached hydrogens (tertiary/aromatic N) is 1. The quantitative estimate of drug-likeness (QED) is 0.595. The number of rotatable bonds is 8. The smallest absolute Gasteiger partial charge is 0.243 e. The number of ether oxygens (including phenoxy) is 1. The van der Waals surface area contributed by atoms with Gasteiger partial charge in [-0.25, -0.2) is 8.42 Å². The third kappa shape index (κ3) is 4.87. The number of nitrogens with one attached hydrogen (secondary N) is 1. The summed E-state index contributed by atoms with van der Waals surface area (Å²) in [6, 6.07) is 18.1. The standard InChI is InChI=1S/C23H26N2O4S/c1-17-7-6-10-22(18(17)2)24-23(26)16-25(13-14-29-3)30(27,28)21-12-11-19-8-4-5-9-20(19)15-21/h4-12,15H,13-14,16H2,1-3H3,(H,24,26). The summed E-state index contributed by atoms with van der Waals surface area (Å²) in [5, 5.41) is 4.60. The summed E-state index contributed by atoms with van der Waals surface area (Å²) >= 11 is 0. The first kappa shape index (κ1) is 22.0. The molecule has 6 nitrogen and oxygen atoms in total. The Morgan fingerprint density at radius 2 is 1.73 bits per heavy atom. The second-order valence-electron chi connectivity index (χ2n) is 7.14. The molecular weight excluding hydrogens is 400 g/mol. The number of methoxy groups -OCH3 is 1. The van der Waals surface area contributed by atoms with Gasteiger partial charge in [0.05, 0.1) is 18.0 Å². The third-order valence-electron chi connectivity index (χ3n) is 5.10. The molecule has 0 heterocycles. The molecule has 3 aromatic rings. The molecule has 0 radical (unpaired) electrons. The zero-order valence-electron chi connectivity index (χ0n) is 17.4. The lowest BCUT2D eigenvalue weighted by atomic mass is 10.1. The van der Waals surface area contributed by atoms with E-state index >= 15 is 0 Å². The molecular formula is C23H26N2O4S. The van der Waals surface area contributed by atoms with E-state index in [9.17, 15) is 13.2 Å². The van der Waals surface area contributed by atoms with Crippen LogP contribution >= 0.6 is 0 Å². The predicted octanol–water partition coefficient (Wildman–Crippen LogP) is 3.73. The minimum Gasteiger partial charge on any atom is -0.383 e. The fourth-order valence-electron chi connectivity index (χ4n) is 3.19. The number of amides is 1. The molecule has 3 aromatic carbocycles. The number of carbonyl (C=O) groups excluding carboxylic acids is 1. The predicted molar refractivity (Wildman–Crippen MR) is 119 cm³/mol. The van der Waals surface area contributed by atoms with E-state index in [1.165, 1.54) is 7.11 Å². The van der Waals surface area contributed by atoms with Crippen LogP contribution in [0.2, 0.25) is 0 Å². The molecule has 0 spiro atoms. The van der Waals surface area contributed by atoms with Crippen molar-refractivity contribution < 1.29 is 17.9 Å². The summed E-state index contributed by atoms with van der Waals surface area (Å²) in [6.07, 6.45) is 0. The van der Waals surface area contributed by atoms with Crippen LogP contribution in [0.15, 0.2) is 65.6 Å². The van der Waals surface area contributed by atoms with Crippen molar-refractivity contribution in [1.82, 2.24) is 4.31 Å². The normalized spacial score (nSPS) is 11.7. The highest BCUT2D eigenvalue weighted by molar-refractivity contribution is 7.89. The first-order valence-electron chi connectivity index (χ1n) is 9.67. The lowest BCUT2D eigenvalue weighted by molar-refractivity contribution is -0.116. The first-order valence-corrected chi connectivity index (χ1v) is 11.1. The molecule has 0 fully saturated rings. The van der Waals surface area contributed by atoms with Crippen LogP contribution in [0.3, 0.4) is 0 Å². The van der Waals surface area contributed by atoms with E-state index in [0.29, 0.717) is 5.69 Å². The number of aryl methyl sites for hydroxylation is 1. The highest BCUT2D eigenvalue weighted by atomic mass is 32.2. The summed E-state index contributed by atoms with van der Waals surface area (Å²) in [7, 11) is -2.38. The van der Waals surface area contributed by atoms with Crippen molar-refractivity contribution >= 4 is 32.4 Å². The molecule has 0 bridgehead atoms. The van der Waals surface area contributed by atoms with Crippen molar-refractivity contribution in [3.8, 4) is 0 Å². The summed E-state index contributed by atoms with van der Waals surface area (Å²) in [6.45, 7) is 3.83. The summed E-state index contributed by atoms with van der Waals surface area (Å²) in [5.74, 6) is -0.399. The summed E-state index contributed by atoms with van der Waals surface area (Å²) in [5.41, 5.74) is 2.68. The van der Waals surface area contributed by atoms with Crippen LogP contribution in [0.25, 0.3) is 10.8 Å². The molecule has 0 aromatic heterocycles. The van der Waals surface area contributed by atoms with Crippen LogP contribution in [0.4, 0.5) is 5.69 Å². The Morgan fingerprint density at radius 1 is 1.00 bits per heavy atom. The van der Waals surface area contributed by atoms with E-state index in [0.717, 1.165) is 26.2 Å². The van der Waals surface area contributed by atoms with Crippen LogP contribution in [0.5, 0.6) is 0 Å². The number of hydrogen-bond donors (Lipinski definition) is 1. The van der Waals surface area contributed by atoms with Gasteiger partial charge in [0.1, 0.15) is 0 Å². The lowest BCUT2D eigenvalue weighted by Gasteiger charge is -2.22. The van der Waals surface area contributed by atoms with Crippen LogP contribution < -0.4 is 5.32 Å². The van der Waals surface area contributed by atoms with E-state index < -0.39 is 15.9 Å². The van der Waals surface area contributed by atoms with Gasteiger partial charge < -0.3 is 10.1 Å². The van der Waals surface area contributed by atoms with E-state index in [1.807, 2.05) is 50.2 Å². The van der Waals surface area contributed by atoms with Crippen molar-refractivity contribution in [3.63, 3.8) is 0 Å². The molecule has 30 heavy (non-hydrogen) atoms. The van der Waals surface area contributed by atoms with E-state index in [-0.39, 0.29) is 24.6 Å². The van der Waals surface area contributed by atoms with Crippen LogP contribution in [0.1, 0.15) is 11.1 Å². The highest BCUT2D eigenvalue weighted by Crippen LogP contribution is 2.22. The zero-order valence-corrected chi connectivity index (χ0v) is 18.2. The SMILES string of the molecule is COCCN(CC(=O)Nc1cccc(C)c1C)S(=O)(=O)c1ccc2ccccc2c1. The molecule has 3 rings (SSSR count). The van der Waals surface area contributed by atoms with Gasteiger partial charge in [0.2, 0.25) is 15.9 Å². The monoisotopic (exact) mass is 426 g/mol. The fourth-order valence-corrected chi connectivity index (χ4v) is 4.61. The Balaban J connectivity index is 1.86. The fraction of sp³-hybridized carbons (Fsp3) is 0.261. The number of benzene rings is 3. The average molecular weight is 427 g/mol. The molecule has 1 amide bonds. The molecule has 0 saturated heterocycles. The van der Waals surface area contributed by atoms with E-state index in [1.54, 1.807) is 24.3 Å². The molecule has 0 aliphatic heterocycles. The van der Waals surface area contributed by atoms with Gasteiger partial charge in [-0.2, -0.15) is 4.31 Å². The van der Waals surface area contributed by atoms with E-state index in [4.69, 9.17) is 4.74 Å². The van der Waals surface area contributed by atoms with Gasteiger partial charge >= 0.3 is 0 Å². The topological polar surface area (TPSA) is 75.7 Å². The number of fused-ring (bicyclic) bond motifs is 1. The maximum Gasteiger partial charge on any atom is 0.243 e. The third-order valence-corrected chi connectivity index (χ3v) is 6.94. The van der Waals surface area contributed by atoms with Crippen molar-refractivity contribution in [2.45, 2.75) is 18.7 Å². The Kier molecular flexibility index (Phi) is 6.87. The van der Waals surface area contributed by atoms with Crippen molar-refractivity contribution in [1.29, 1.82) is 0 Å². The molecule has 0 atom stereocenters. The van der Waals surface area contributed by atoms with Gasteiger partial charge in [-0.05, 0) is 53.9 Å². The van der Waals surface area contributed by atoms with Crippen molar-refractivity contribution in [2.24, 2.45) is 0 Å². The summed E-state index contributed by atoms with van der Waals surface area (Å²) < 4.78 is 32.8. The van der Waals surface area contributed by atoms with Crippen LogP contribution in [0, 0.1) is 13.8 Å². The van der Waals surface area contributed by atoms with Gasteiger partial charge in [0, 0.05) is 19.3 Å². The second kappa shape index (κ2) is 9.38. The molecule has 0 aliphatic carbocycles. The Labute approximate surface area is 177 Å². The molecule has 7 heteroatoms. The molecule has 1 N–H and O–H groups in total. The maximum absolute atomic E-state index is 13.3. The maximum atomic E-state index is 13.3. The van der Waals surface area contributed by atoms with Crippen molar-refractivity contribution in [2.75, 3.05) is 32.1 Å². The van der Waals surface area contributed by atoms with Gasteiger partial charge in [-0.1, -0.05) is 42.5 Å². The summed E-state index contributed by atoms with van der Waals surface area (Å²) in [4.78, 5) is 12.8. The Hall–Kier alpha value is -2.74. The van der Waals surface area contributed by atoms with Gasteiger partial charge in [-0.15, -0.1) is 0 Å². The minimum atomic E-state index is -3.88. The molecule has 158 valence electrons. The Bertz CT molecular complexity index is 1160. The molecule has 0 aliphatic rings. The second-order valence-corrected chi connectivity index (χ2v) is 9.07. The van der Waals surface area contributed by atoms with Gasteiger partial charge in [0.15, 0.2) is 0 Å². The molecule has 0 unspecified atom stereocenters. The van der Waals surface area contributed by atoms with Crippen LogP contribution in [-0.4, -0.2) is 45.4 Å². The number of anilines is 1. The number of sulfonamides is 1. The van der Waals surface area contributed by atoms with E-state index in [2.05, 4.69) is 5.32 Å². The minimum absolute atomic E-state index is 0.0753. The van der Waals surface area contributed by atoms with Gasteiger partial charge in [-0.3, -0.25) is 4.79 Å². The number of carbonyl (C=O) groups is 1. The largest absolute Gasteiger partial charge is 0.383 e. The zero-order chi connectivity index (χ0) is 21.7. The number of hydrogen-bond acceptors (Lipinski definition) is 4. The first-order chi connectivity index (χ1) is 14.3. The van der Waals surface area contributed by atoms with Crippen molar-refractivity contribution in [3.05, 3.63) is 71.8 Å². The molecule has 0 saturated carbocycles. The van der Waals surface area contributed by atoms with Gasteiger partial charge in [0.25, 0.3) is 0 Å². The average Bonchev–Trinajstić information content (AvgIpc) is 2.74. The lowest BCUT2D eigenvalue weighted by Crippen LogP contribution is -2.40.